The molecule has 0 spiro atoms. The molecule has 0 saturated heterocycles. The first-order chi connectivity index (χ1) is 5.61. The summed E-state index contributed by atoms with van der Waals surface area (Å²) in [5.74, 6) is 0. The van der Waals surface area contributed by atoms with E-state index >= 15 is 0 Å². The van der Waals surface area contributed by atoms with Crippen LogP contribution in [0.3, 0.4) is 0 Å². The van der Waals surface area contributed by atoms with E-state index < -0.39 is 0 Å². The van der Waals surface area contributed by atoms with Gasteiger partial charge in [-0.2, -0.15) is 0 Å². The van der Waals surface area contributed by atoms with E-state index in [-0.39, 0.29) is 0 Å². The Morgan fingerprint density at radius 2 is 2.08 bits per heavy atom. The molecule has 2 nitrogen and oxygen atoms in total. The average Bonchev–Trinajstić information content (AvgIpc) is 2.04. The van der Waals surface area contributed by atoms with Gasteiger partial charge in [-0.05, 0) is 32.6 Å². The highest BCUT2D eigenvalue weighted by molar-refractivity contribution is 6.29. The van der Waals surface area contributed by atoms with Gasteiger partial charge in [0, 0.05) is 12.2 Å². The summed E-state index contributed by atoms with van der Waals surface area (Å²) in [6, 6.07) is 4.20. The molecule has 0 radical (unpaired) electrons. The number of rotatable bonds is 2. The van der Waals surface area contributed by atoms with Gasteiger partial charge in [0.25, 0.3) is 0 Å². The minimum Gasteiger partial charge on any atom is -0.303 e. The zero-order chi connectivity index (χ0) is 9.14. The van der Waals surface area contributed by atoms with Gasteiger partial charge in [-0.3, -0.25) is 0 Å². The van der Waals surface area contributed by atoms with E-state index in [1.165, 1.54) is 5.56 Å². The van der Waals surface area contributed by atoms with Crippen LogP contribution in [0.15, 0.2) is 18.3 Å². The maximum Gasteiger partial charge on any atom is 0.129 e. The molecular weight excluding hydrogens is 172 g/mol. The summed E-state index contributed by atoms with van der Waals surface area (Å²) in [6.07, 6.45) is 1.81. The number of nitrogens with zero attached hydrogens (tertiary/aromatic N) is 2. The fourth-order valence-electron chi connectivity index (χ4n) is 0.933. The Hall–Kier alpha value is -0.600. The van der Waals surface area contributed by atoms with E-state index in [9.17, 15) is 0 Å². The zero-order valence-corrected chi connectivity index (χ0v) is 8.34. The fourth-order valence-corrected chi connectivity index (χ4v) is 1.04. The lowest BCUT2D eigenvalue weighted by molar-refractivity contribution is 0.320. The fraction of sp³-hybridized carbons (Fsp3) is 0.444. The molecule has 0 N–H and O–H groups in total. The predicted molar refractivity (Wildman–Crippen MR) is 51.3 cm³/mol. The van der Waals surface area contributed by atoms with Gasteiger partial charge < -0.3 is 4.90 Å². The lowest BCUT2D eigenvalue weighted by Crippen LogP contribution is -2.16. The molecule has 0 aliphatic carbocycles. The van der Waals surface area contributed by atoms with Crippen molar-refractivity contribution in [2.75, 3.05) is 14.1 Å². The molecule has 66 valence electrons. The van der Waals surface area contributed by atoms with E-state index in [0.717, 1.165) is 0 Å². The van der Waals surface area contributed by atoms with Crippen molar-refractivity contribution in [2.24, 2.45) is 0 Å². The second kappa shape index (κ2) is 3.87. The van der Waals surface area contributed by atoms with Crippen molar-refractivity contribution < 1.29 is 0 Å². The van der Waals surface area contributed by atoms with Crippen LogP contribution in [-0.4, -0.2) is 24.0 Å². The minimum atomic E-state index is 0.384. The summed E-state index contributed by atoms with van der Waals surface area (Å²) >= 11 is 5.67. The van der Waals surface area contributed by atoms with Gasteiger partial charge in [0.05, 0.1) is 0 Å². The summed E-state index contributed by atoms with van der Waals surface area (Å²) in [5.41, 5.74) is 1.18. The van der Waals surface area contributed by atoms with E-state index in [4.69, 9.17) is 11.6 Å². The lowest BCUT2D eigenvalue weighted by Gasteiger charge is -2.19. The Morgan fingerprint density at radius 1 is 1.42 bits per heavy atom. The average molecular weight is 185 g/mol. The summed E-state index contributed by atoms with van der Waals surface area (Å²) < 4.78 is 0. The van der Waals surface area contributed by atoms with Crippen molar-refractivity contribution in [1.29, 1.82) is 0 Å². The number of halogens is 1. The molecule has 0 aromatic carbocycles. The highest BCUT2D eigenvalue weighted by atomic mass is 35.5. The van der Waals surface area contributed by atoms with Gasteiger partial charge in [0.1, 0.15) is 5.15 Å². The number of hydrogen-bond donors (Lipinski definition) is 0. The van der Waals surface area contributed by atoms with Crippen molar-refractivity contribution in [3.05, 3.63) is 29.0 Å². The summed E-state index contributed by atoms with van der Waals surface area (Å²) in [5, 5.41) is 0.546. The Morgan fingerprint density at radius 3 is 2.50 bits per heavy atom. The maximum absolute atomic E-state index is 5.67. The molecule has 1 heterocycles. The second-order valence-electron chi connectivity index (χ2n) is 3.05. The molecule has 1 rings (SSSR count). The smallest absolute Gasteiger partial charge is 0.129 e. The van der Waals surface area contributed by atoms with Crippen LogP contribution in [0.5, 0.6) is 0 Å². The Bertz CT molecular complexity index is 243. The molecule has 1 aromatic heterocycles. The number of hydrogen-bond acceptors (Lipinski definition) is 2. The van der Waals surface area contributed by atoms with Gasteiger partial charge >= 0.3 is 0 Å². The van der Waals surface area contributed by atoms with Crippen LogP contribution in [0.4, 0.5) is 0 Å². The Kier molecular flexibility index (Phi) is 3.06. The Balaban J connectivity index is 2.82. The SMILES string of the molecule is CC(c1ccc(Cl)nc1)N(C)C. The molecule has 0 aliphatic heterocycles. The largest absolute Gasteiger partial charge is 0.303 e. The molecule has 1 aromatic rings. The third kappa shape index (κ3) is 2.19. The van der Waals surface area contributed by atoms with E-state index in [2.05, 4.69) is 16.8 Å². The molecule has 1 unspecified atom stereocenters. The summed E-state index contributed by atoms with van der Waals surface area (Å²) in [6.45, 7) is 2.13. The zero-order valence-electron chi connectivity index (χ0n) is 7.58. The molecule has 1 atom stereocenters. The van der Waals surface area contributed by atoms with Crippen LogP contribution in [0, 0.1) is 0 Å². The monoisotopic (exact) mass is 184 g/mol. The first-order valence-electron chi connectivity index (χ1n) is 3.89. The summed E-state index contributed by atoms with van der Waals surface area (Å²) in [7, 11) is 4.08. The third-order valence-corrected chi connectivity index (χ3v) is 2.23. The normalized spacial score (nSPS) is 13.4. The quantitative estimate of drug-likeness (QED) is 0.656. The van der Waals surface area contributed by atoms with Gasteiger partial charge in [0.15, 0.2) is 0 Å². The molecule has 0 bridgehead atoms. The molecule has 12 heavy (non-hydrogen) atoms. The maximum atomic E-state index is 5.67. The van der Waals surface area contributed by atoms with Crippen molar-refractivity contribution in [1.82, 2.24) is 9.88 Å². The molecular formula is C9H13ClN2. The van der Waals surface area contributed by atoms with E-state index in [1.807, 2.05) is 32.4 Å². The topological polar surface area (TPSA) is 16.1 Å². The second-order valence-corrected chi connectivity index (χ2v) is 3.44. The number of aromatic nitrogens is 1. The summed E-state index contributed by atoms with van der Waals surface area (Å²) in [4.78, 5) is 6.15. The van der Waals surface area contributed by atoms with E-state index in [0.29, 0.717) is 11.2 Å². The van der Waals surface area contributed by atoms with Gasteiger partial charge in [-0.15, -0.1) is 0 Å². The third-order valence-electron chi connectivity index (χ3n) is 2.01. The van der Waals surface area contributed by atoms with E-state index in [1.54, 1.807) is 0 Å². The molecule has 3 heteroatoms. The van der Waals surface area contributed by atoms with Crippen molar-refractivity contribution in [2.45, 2.75) is 13.0 Å². The van der Waals surface area contributed by atoms with Crippen LogP contribution in [0.2, 0.25) is 5.15 Å². The van der Waals surface area contributed by atoms with Gasteiger partial charge in [-0.1, -0.05) is 17.7 Å². The van der Waals surface area contributed by atoms with Crippen LogP contribution in [0.1, 0.15) is 18.5 Å². The predicted octanol–water partition coefficient (Wildman–Crippen LogP) is 2.36. The molecule has 0 fully saturated rings. The van der Waals surface area contributed by atoms with Crippen LogP contribution >= 0.6 is 11.6 Å². The van der Waals surface area contributed by atoms with Crippen LogP contribution < -0.4 is 0 Å². The first-order valence-corrected chi connectivity index (χ1v) is 4.27. The highest BCUT2D eigenvalue weighted by Crippen LogP contribution is 2.17. The van der Waals surface area contributed by atoms with Crippen molar-refractivity contribution in [3.8, 4) is 0 Å². The molecule has 0 aliphatic rings. The molecule has 0 amide bonds. The lowest BCUT2D eigenvalue weighted by atomic mass is 10.1. The number of pyridine rings is 1. The van der Waals surface area contributed by atoms with Crippen LogP contribution in [0.25, 0.3) is 0 Å². The standard InChI is InChI=1S/C9H13ClN2/c1-7(12(2)3)8-4-5-9(10)11-6-8/h4-7H,1-3H3. The minimum absolute atomic E-state index is 0.384. The van der Waals surface area contributed by atoms with Gasteiger partial charge in [-0.25, -0.2) is 4.98 Å². The van der Waals surface area contributed by atoms with Crippen LogP contribution in [-0.2, 0) is 0 Å². The van der Waals surface area contributed by atoms with Gasteiger partial charge in [0.2, 0.25) is 0 Å². The van der Waals surface area contributed by atoms with Crippen molar-refractivity contribution in [3.63, 3.8) is 0 Å². The first kappa shape index (κ1) is 9.49. The van der Waals surface area contributed by atoms with Crippen molar-refractivity contribution >= 4 is 11.6 Å². The highest BCUT2D eigenvalue weighted by Gasteiger charge is 2.06. The molecule has 0 saturated carbocycles. The Labute approximate surface area is 78.2 Å².